The van der Waals surface area contributed by atoms with E-state index in [2.05, 4.69) is 20.7 Å². The molecule has 1 atom stereocenters. The number of fused-ring (bicyclic) bond motifs is 1. The minimum atomic E-state index is -4.02. The number of piperazine rings is 1. The summed E-state index contributed by atoms with van der Waals surface area (Å²) in [7, 11) is -2.35. The van der Waals surface area contributed by atoms with E-state index in [4.69, 9.17) is 10.5 Å². The van der Waals surface area contributed by atoms with Crippen molar-refractivity contribution in [2.45, 2.75) is 24.4 Å². The van der Waals surface area contributed by atoms with Crippen LogP contribution in [0.1, 0.15) is 22.8 Å². The van der Waals surface area contributed by atoms with Gasteiger partial charge < -0.3 is 15.4 Å². The van der Waals surface area contributed by atoms with Gasteiger partial charge in [0.1, 0.15) is 5.75 Å². The smallest absolute Gasteiger partial charge is 0.262 e. The minimum absolute atomic E-state index is 0.00614. The van der Waals surface area contributed by atoms with Gasteiger partial charge in [-0.15, -0.1) is 0 Å². The topological polar surface area (TPSA) is 118 Å². The molecule has 9 nitrogen and oxygen atoms in total. The lowest BCUT2D eigenvalue weighted by Gasteiger charge is -2.40. The van der Waals surface area contributed by atoms with Crippen LogP contribution in [-0.2, 0) is 16.6 Å². The van der Waals surface area contributed by atoms with Gasteiger partial charge in [0.15, 0.2) is 0 Å². The summed E-state index contributed by atoms with van der Waals surface area (Å²) in [4.78, 5) is 22.2. The average molecular weight is 622 g/mol. The maximum atomic E-state index is 13.7. The van der Waals surface area contributed by atoms with Crippen LogP contribution in [0.5, 0.6) is 5.75 Å². The molecule has 0 aliphatic carbocycles. The fourth-order valence-corrected chi connectivity index (χ4v) is 7.19. The van der Waals surface area contributed by atoms with Gasteiger partial charge in [-0.1, -0.05) is 42.5 Å². The molecule has 45 heavy (non-hydrogen) atoms. The molecule has 0 bridgehead atoms. The lowest BCUT2D eigenvalue weighted by atomic mass is 10.0. The number of ether oxygens (including phenoxy) is 1. The number of pyridine rings is 1. The van der Waals surface area contributed by atoms with Gasteiger partial charge in [0.25, 0.3) is 15.9 Å². The number of benzene rings is 4. The first-order chi connectivity index (χ1) is 21.7. The molecule has 3 N–H and O–H groups in total. The number of nitrogens with zero attached hydrogens (tertiary/aromatic N) is 3. The van der Waals surface area contributed by atoms with Gasteiger partial charge in [-0.3, -0.25) is 19.4 Å². The number of carbonyl (C=O) groups excluding carboxylic acids is 1. The van der Waals surface area contributed by atoms with Crippen molar-refractivity contribution in [3.8, 4) is 16.9 Å². The lowest BCUT2D eigenvalue weighted by Crippen LogP contribution is -2.53. The number of aromatic nitrogens is 1. The highest BCUT2D eigenvalue weighted by Crippen LogP contribution is 2.34. The summed E-state index contributed by atoms with van der Waals surface area (Å²) >= 11 is 0. The first-order valence-electron chi connectivity index (χ1n) is 14.8. The number of anilines is 2. The van der Waals surface area contributed by atoms with Crippen molar-refractivity contribution >= 4 is 38.2 Å². The highest BCUT2D eigenvalue weighted by Gasteiger charge is 2.29. The third-order valence-corrected chi connectivity index (χ3v) is 9.60. The zero-order valence-corrected chi connectivity index (χ0v) is 26.0. The second kappa shape index (κ2) is 12.6. The normalized spacial score (nSPS) is 15.6. The summed E-state index contributed by atoms with van der Waals surface area (Å²) in [6.07, 6.45) is 1.68. The average Bonchev–Trinajstić information content (AvgIpc) is 3.04. The monoisotopic (exact) mass is 621 g/mol. The highest BCUT2D eigenvalue weighted by molar-refractivity contribution is 7.92. The third kappa shape index (κ3) is 6.33. The van der Waals surface area contributed by atoms with Crippen molar-refractivity contribution in [3.63, 3.8) is 0 Å². The summed E-state index contributed by atoms with van der Waals surface area (Å²) in [5, 5.41) is 0.890. The molecule has 0 saturated carbocycles. The zero-order chi connectivity index (χ0) is 31.6. The lowest BCUT2D eigenvalue weighted by molar-refractivity contribution is 0.0474. The van der Waals surface area contributed by atoms with E-state index in [1.807, 2.05) is 60.4 Å². The van der Waals surface area contributed by atoms with Crippen LogP contribution in [0.4, 0.5) is 11.4 Å². The summed E-state index contributed by atoms with van der Waals surface area (Å²) in [5.41, 5.74) is 10.3. The molecule has 10 heteroatoms. The van der Waals surface area contributed by atoms with E-state index < -0.39 is 10.0 Å². The quantitative estimate of drug-likeness (QED) is 0.215. The fraction of sp³-hybridized carbons (Fsp3) is 0.200. The van der Waals surface area contributed by atoms with Crippen molar-refractivity contribution in [1.82, 2.24) is 14.8 Å². The summed E-state index contributed by atoms with van der Waals surface area (Å²) < 4.78 is 35.6. The molecule has 0 spiro atoms. The Morgan fingerprint density at radius 1 is 0.956 bits per heavy atom. The molecular formula is C35H35N5O4S. The Morgan fingerprint density at radius 3 is 2.51 bits per heavy atom. The molecule has 230 valence electrons. The largest absolute Gasteiger partial charge is 0.496 e. The van der Waals surface area contributed by atoms with Crippen LogP contribution in [-0.4, -0.2) is 61.9 Å². The second-order valence-electron chi connectivity index (χ2n) is 11.2. The van der Waals surface area contributed by atoms with Gasteiger partial charge in [-0.05, 0) is 61.5 Å². The SMILES string of the molecule is COc1ccccc1CN1CCN(C(=O)c2ccc(NS(=O)(=O)c3ccc(N)cc3-c3cccc4cccnc34)cc2)C(C)C1. The predicted molar refractivity (Wildman–Crippen MR) is 178 cm³/mol. The van der Waals surface area contributed by atoms with Crippen LogP contribution in [0.15, 0.2) is 108 Å². The second-order valence-corrected chi connectivity index (χ2v) is 12.9. The Labute approximate surface area is 263 Å². The van der Waals surface area contributed by atoms with E-state index in [9.17, 15) is 13.2 Å². The first kappa shape index (κ1) is 30.1. The van der Waals surface area contributed by atoms with Gasteiger partial charge in [-0.2, -0.15) is 0 Å². The summed E-state index contributed by atoms with van der Waals surface area (Å²) in [6, 6.07) is 28.6. The molecular weight excluding hydrogens is 586 g/mol. The highest BCUT2D eigenvalue weighted by atomic mass is 32.2. The van der Waals surface area contributed by atoms with E-state index in [1.165, 1.54) is 6.07 Å². The maximum Gasteiger partial charge on any atom is 0.262 e. The summed E-state index contributed by atoms with van der Waals surface area (Å²) in [6.45, 7) is 4.86. The number of nitrogens with two attached hydrogens (primary N) is 1. The van der Waals surface area contributed by atoms with Gasteiger partial charge in [-0.25, -0.2) is 8.42 Å². The van der Waals surface area contributed by atoms with Crippen LogP contribution in [0.3, 0.4) is 0 Å². The van der Waals surface area contributed by atoms with Crippen LogP contribution in [0.2, 0.25) is 0 Å². The third-order valence-electron chi connectivity index (χ3n) is 8.16. The van der Waals surface area contributed by atoms with Crippen LogP contribution in [0.25, 0.3) is 22.0 Å². The first-order valence-corrected chi connectivity index (χ1v) is 16.2. The van der Waals surface area contributed by atoms with Crippen molar-refractivity contribution in [1.29, 1.82) is 0 Å². The summed E-state index contributed by atoms with van der Waals surface area (Å²) in [5.74, 6) is 0.774. The molecule has 1 unspecified atom stereocenters. The van der Waals surface area contributed by atoms with E-state index in [0.29, 0.717) is 40.1 Å². The number of para-hydroxylation sites is 2. The maximum absolute atomic E-state index is 13.7. The van der Waals surface area contributed by atoms with E-state index in [-0.39, 0.29) is 16.8 Å². The molecule has 1 fully saturated rings. The Hall–Kier alpha value is -4.93. The molecule has 2 heterocycles. The van der Waals surface area contributed by atoms with Crippen molar-refractivity contribution in [2.75, 3.05) is 37.2 Å². The number of amides is 1. The molecule has 1 saturated heterocycles. The number of rotatable bonds is 8. The van der Waals surface area contributed by atoms with Crippen LogP contribution >= 0.6 is 0 Å². The van der Waals surface area contributed by atoms with Crippen molar-refractivity contribution in [3.05, 3.63) is 114 Å². The molecule has 4 aromatic carbocycles. The molecule has 6 rings (SSSR count). The number of sulfonamides is 1. The standard InChI is InChI=1S/C35H35N5O4S/c1-24-22-39(23-27-7-3-4-11-32(27)44-2)19-20-40(24)35(41)26-12-15-29(16-13-26)38-45(42,43)33-17-14-28(36)21-31(33)30-10-5-8-25-9-6-18-37-34(25)30/h3-18,21,24,38H,19-20,22-23,36H2,1-2H3. The van der Waals surface area contributed by atoms with E-state index >= 15 is 0 Å². The Kier molecular flexibility index (Phi) is 8.42. The van der Waals surface area contributed by atoms with E-state index in [1.54, 1.807) is 49.7 Å². The van der Waals surface area contributed by atoms with Gasteiger partial charge in [0.05, 0.1) is 17.5 Å². The molecule has 1 amide bonds. The zero-order valence-electron chi connectivity index (χ0n) is 25.2. The number of nitrogen functional groups attached to an aromatic ring is 1. The molecule has 1 aromatic heterocycles. The Balaban J connectivity index is 1.17. The Morgan fingerprint density at radius 2 is 1.73 bits per heavy atom. The Bertz CT molecular complexity index is 1960. The molecule has 5 aromatic rings. The molecule has 1 aliphatic rings. The van der Waals surface area contributed by atoms with Gasteiger partial charge in [0.2, 0.25) is 0 Å². The number of hydrogen-bond donors (Lipinski definition) is 2. The van der Waals surface area contributed by atoms with Crippen molar-refractivity contribution in [2.24, 2.45) is 0 Å². The molecule has 0 radical (unpaired) electrons. The van der Waals surface area contributed by atoms with E-state index in [0.717, 1.165) is 36.3 Å². The number of nitrogens with one attached hydrogen (secondary N) is 1. The molecule has 1 aliphatic heterocycles. The number of carbonyl (C=O) groups is 1. The van der Waals surface area contributed by atoms with Crippen LogP contribution < -0.4 is 15.2 Å². The predicted octanol–water partition coefficient (Wildman–Crippen LogP) is 5.64. The van der Waals surface area contributed by atoms with Gasteiger partial charge in [0, 0.05) is 77.4 Å². The van der Waals surface area contributed by atoms with Crippen LogP contribution in [0, 0.1) is 0 Å². The van der Waals surface area contributed by atoms with Gasteiger partial charge >= 0.3 is 0 Å². The fourth-order valence-electron chi connectivity index (χ4n) is 5.92. The number of hydrogen-bond acceptors (Lipinski definition) is 7. The minimum Gasteiger partial charge on any atom is -0.496 e. The van der Waals surface area contributed by atoms with Crippen molar-refractivity contribution < 1.29 is 17.9 Å². The number of methoxy groups -OCH3 is 1.